The van der Waals surface area contributed by atoms with Crippen LogP contribution in [0.1, 0.15) is 12.0 Å². The molecule has 0 saturated heterocycles. The number of benzene rings is 1. The molecule has 1 aromatic carbocycles. The minimum Gasteiger partial charge on any atom is -0.481 e. The summed E-state index contributed by atoms with van der Waals surface area (Å²) in [5.41, 5.74) is 1.63. The number of carbonyl (C=O) groups is 3. The number of hydrogen-bond donors (Lipinski definition) is 3. The number of carboxylic acids is 1. The highest BCUT2D eigenvalue weighted by molar-refractivity contribution is 9.10. The molecule has 1 saturated carbocycles. The number of aliphatic carboxylic acids is 1. The Kier molecular flexibility index (Phi) is 4.62. The molecular weight excluding hydrogens is 340 g/mol. The lowest BCUT2D eigenvalue weighted by molar-refractivity contribution is -0.140. The van der Waals surface area contributed by atoms with Crippen LogP contribution in [0.15, 0.2) is 22.7 Å². The van der Waals surface area contributed by atoms with Crippen LogP contribution in [0.4, 0.5) is 5.69 Å². The van der Waals surface area contributed by atoms with E-state index in [1.165, 1.54) is 0 Å². The maximum Gasteiger partial charge on any atom is 0.307 e. The van der Waals surface area contributed by atoms with Crippen LogP contribution in [0.25, 0.3) is 0 Å². The fourth-order valence-corrected chi connectivity index (χ4v) is 2.23. The maximum atomic E-state index is 11.7. The predicted molar refractivity (Wildman–Crippen MR) is 79.8 cm³/mol. The molecule has 0 radical (unpaired) electrons. The molecular formula is C14H15BrN2O4. The highest BCUT2D eigenvalue weighted by Gasteiger charge is 2.48. The molecule has 1 aromatic rings. The predicted octanol–water partition coefficient (Wildman–Crippen LogP) is 1.53. The Bertz CT molecular complexity index is 603. The van der Waals surface area contributed by atoms with E-state index >= 15 is 0 Å². The third-order valence-corrected chi connectivity index (χ3v) is 4.20. The topological polar surface area (TPSA) is 95.5 Å². The lowest BCUT2D eigenvalue weighted by Crippen LogP contribution is -2.34. The van der Waals surface area contributed by atoms with E-state index in [0.717, 1.165) is 10.0 Å². The van der Waals surface area contributed by atoms with Gasteiger partial charge < -0.3 is 15.7 Å². The van der Waals surface area contributed by atoms with Crippen molar-refractivity contribution in [3.05, 3.63) is 28.2 Å². The van der Waals surface area contributed by atoms with E-state index in [1.54, 1.807) is 6.07 Å². The normalized spacial score (nSPS) is 19.7. The van der Waals surface area contributed by atoms with Crippen molar-refractivity contribution < 1.29 is 19.5 Å². The van der Waals surface area contributed by atoms with E-state index in [9.17, 15) is 14.4 Å². The molecule has 6 nitrogen and oxygen atoms in total. The van der Waals surface area contributed by atoms with Crippen LogP contribution in [0.5, 0.6) is 0 Å². The Balaban J connectivity index is 1.79. The molecule has 1 aliphatic carbocycles. The minimum absolute atomic E-state index is 0.170. The SMILES string of the molecule is Cc1cc(NC(=O)CNC(=O)C2CC2C(=O)O)ccc1Br. The van der Waals surface area contributed by atoms with Crippen molar-refractivity contribution in [2.75, 3.05) is 11.9 Å². The summed E-state index contributed by atoms with van der Waals surface area (Å²) >= 11 is 3.37. The van der Waals surface area contributed by atoms with Gasteiger partial charge in [0.25, 0.3) is 0 Å². The van der Waals surface area contributed by atoms with Crippen molar-refractivity contribution in [2.24, 2.45) is 11.8 Å². The second-order valence-corrected chi connectivity index (χ2v) is 5.87. The summed E-state index contributed by atoms with van der Waals surface area (Å²) in [4.78, 5) is 34.0. The van der Waals surface area contributed by atoms with Crippen molar-refractivity contribution in [2.45, 2.75) is 13.3 Å². The molecule has 0 heterocycles. The molecule has 0 spiro atoms. The molecule has 0 aliphatic heterocycles. The summed E-state index contributed by atoms with van der Waals surface area (Å²) in [5.74, 6) is -2.82. The molecule has 2 rings (SSSR count). The Labute approximate surface area is 130 Å². The molecule has 2 amide bonds. The van der Waals surface area contributed by atoms with Crippen molar-refractivity contribution in [3.63, 3.8) is 0 Å². The van der Waals surface area contributed by atoms with E-state index in [1.807, 2.05) is 19.1 Å². The molecule has 0 bridgehead atoms. The average molecular weight is 355 g/mol. The summed E-state index contributed by atoms with van der Waals surface area (Å²) in [6.07, 6.45) is 0.342. The van der Waals surface area contributed by atoms with Gasteiger partial charge in [-0.2, -0.15) is 0 Å². The fraction of sp³-hybridized carbons (Fsp3) is 0.357. The van der Waals surface area contributed by atoms with Crippen LogP contribution >= 0.6 is 15.9 Å². The number of halogens is 1. The van der Waals surface area contributed by atoms with Gasteiger partial charge in [0.2, 0.25) is 11.8 Å². The summed E-state index contributed by atoms with van der Waals surface area (Å²) in [6, 6.07) is 5.38. The van der Waals surface area contributed by atoms with Crippen molar-refractivity contribution in [3.8, 4) is 0 Å². The zero-order valence-corrected chi connectivity index (χ0v) is 12.9. The third-order valence-electron chi connectivity index (χ3n) is 3.31. The first kappa shape index (κ1) is 15.5. The first-order chi connectivity index (χ1) is 9.88. The van der Waals surface area contributed by atoms with E-state index in [-0.39, 0.29) is 18.4 Å². The number of carboxylic acid groups (broad SMARTS) is 1. The molecule has 112 valence electrons. The fourth-order valence-electron chi connectivity index (χ4n) is 1.98. The smallest absolute Gasteiger partial charge is 0.307 e. The number of hydrogen-bond acceptors (Lipinski definition) is 3. The second-order valence-electron chi connectivity index (χ2n) is 5.02. The summed E-state index contributed by atoms with van der Waals surface area (Å²) in [5, 5.41) is 13.8. The lowest BCUT2D eigenvalue weighted by Gasteiger charge is -2.08. The van der Waals surface area contributed by atoms with Crippen molar-refractivity contribution in [1.82, 2.24) is 5.32 Å². The average Bonchev–Trinajstić information content (AvgIpc) is 3.21. The number of amides is 2. The van der Waals surface area contributed by atoms with Gasteiger partial charge in [-0.1, -0.05) is 15.9 Å². The minimum atomic E-state index is -0.968. The number of anilines is 1. The molecule has 3 N–H and O–H groups in total. The van der Waals surface area contributed by atoms with Crippen LogP contribution in [0, 0.1) is 18.8 Å². The molecule has 2 unspecified atom stereocenters. The maximum absolute atomic E-state index is 11.7. The largest absolute Gasteiger partial charge is 0.481 e. The highest BCUT2D eigenvalue weighted by Crippen LogP contribution is 2.38. The molecule has 1 aliphatic rings. The van der Waals surface area contributed by atoms with Gasteiger partial charge >= 0.3 is 5.97 Å². The van der Waals surface area contributed by atoms with Crippen molar-refractivity contribution in [1.29, 1.82) is 0 Å². The summed E-state index contributed by atoms with van der Waals surface area (Å²) in [6.45, 7) is 1.73. The number of rotatable bonds is 5. The van der Waals surface area contributed by atoms with Gasteiger partial charge in [-0.3, -0.25) is 14.4 Å². The van der Waals surface area contributed by atoms with Gasteiger partial charge in [0, 0.05) is 10.2 Å². The van der Waals surface area contributed by atoms with Gasteiger partial charge in [0.05, 0.1) is 18.4 Å². The first-order valence-electron chi connectivity index (χ1n) is 6.45. The molecule has 2 atom stereocenters. The van der Waals surface area contributed by atoms with Gasteiger partial charge in [0.1, 0.15) is 0 Å². The van der Waals surface area contributed by atoms with E-state index in [4.69, 9.17) is 5.11 Å². The van der Waals surface area contributed by atoms with E-state index < -0.39 is 17.8 Å². The van der Waals surface area contributed by atoms with E-state index in [0.29, 0.717) is 12.1 Å². The first-order valence-corrected chi connectivity index (χ1v) is 7.24. The zero-order chi connectivity index (χ0) is 15.6. The van der Waals surface area contributed by atoms with E-state index in [2.05, 4.69) is 26.6 Å². The Morgan fingerprint density at radius 3 is 2.62 bits per heavy atom. The quantitative estimate of drug-likeness (QED) is 0.747. The lowest BCUT2D eigenvalue weighted by atomic mass is 10.2. The number of nitrogens with one attached hydrogen (secondary N) is 2. The van der Waals surface area contributed by atoms with Crippen LogP contribution in [-0.4, -0.2) is 29.4 Å². The van der Waals surface area contributed by atoms with Gasteiger partial charge in [-0.05, 0) is 37.1 Å². The van der Waals surface area contributed by atoms with Crippen LogP contribution < -0.4 is 10.6 Å². The zero-order valence-electron chi connectivity index (χ0n) is 11.4. The Morgan fingerprint density at radius 2 is 2.05 bits per heavy atom. The van der Waals surface area contributed by atoms with Crippen LogP contribution in [-0.2, 0) is 14.4 Å². The van der Waals surface area contributed by atoms with Crippen LogP contribution in [0.2, 0.25) is 0 Å². The van der Waals surface area contributed by atoms with Gasteiger partial charge in [-0.25, -0.2) is 0 Å². The molecule has 0 aromatic heterocycles. The third kappa shape index (κ3) is 4.04. The molecule has 21 heavy (non-hydrogen) atoms. The van der Waals surface area contributed by atoms with Gasteiger partial charge in [-0.15, -0.1) is 0 Å². The molecule has 1 fully saturated rings. The summed E-state index contributed by atoms with van der Waals surface area (Å²) in [7, 11) is 0. The van der Waals surface area contributed by atoms with Gasteiger partial charge in [0.15, 0.2) is 0 Å². The molecule has 7 heteroatoms. The summed E-state index contributed by atoms with van der Waals surface area (Å²) < 4.78 is 0.947. The Hall–Kier alpha value is -1.89. The Morgan fingerprint density at radius 1 is 1.33 bits per heavy atom. The second kappa shape index (κ2) is 6.26. The monoisotopic (exact) mass is 354 g/mol. The number of aryl methyl sites for hydroxylation is 1. The van der Waals surface area contributed by atoms with Crippen LogP contribution in [0.3, 0.4) is 0 Å². The number of carbonyl (C=O) groups excluding carboxylic acids is 2. The van der Waals surface area contributed by atoms with Crippen molar-refractivity contribution >= 4 is 39.4 Å². The highest BCUT2D eigenvalue weighted by atomic mass is 79.9. The standard InChI is InChI=1S/C14H15BrN2O4/c1-7-4-8(2-3-11(7)15)17-12(18)6-16-13(19)9-5-10(9)14(20)21/h2-4,9-10H,5-6H2,1H3,(H,16,19)(H,17,18)(H,20,21).